The maximum Gasteiger partial charge on any atom is 0.241 e. The zero-order chi connectivity index (χ0) is 13.1. The summed E-state index contributed by atoms with van der Waals surface area (Å²) in [5.41, 5.74) is 0.293. The largest absolute Gasteiger partial charge is 0.326 e. The van der Waals surface area contributed by atoms with E-state index >= 15 is 0 Å². The molecular formula is C14H28N2O. The number of amides is 1. The first kappa shape index (κ1) is 14.5. The van der Waals surface area contributed by atoms with Crippen LogP contribution in [0.4, 0.5) is 0 Å². The highest BCUT2D eigenvalue weighted by atomic mass is 16.2. The molecule has 1 fully saturated rings. The predicted octanol–water partition coefficient (Wildman–Crippen LogP) is 2.76. The van der Waals surface area contributed by atoms with Crippen molar-refractivity contribution in [1.82, 2.24) is 10.2 Å². The van der Waals surface area contributed by atoms with Crippen LogP contribution in [-0.4, -0.2) is 29.6 Å². The number of nitrogens with zero attached hydrogens (tertiary/aromatic N) is 1. The molecule has 1 amide bonds. The minimum atomic E-state index is 0.0477. The molecule has 1 rings (SSSR count). The van der Waals surface area contributed by atoms with Crippen molar-refractivity contribution in [3.63, 3.8) is 0 Å². The van der Waals surface area contributed by atoms with Crippen LogP contribution in [0.25, 0.3) is 0 Å². The van der Waals surface area contributed by atoms with Crippen molar-refractivity contribution in [3.8, 4) is 0 Å². The number of hydrogen-bond acceptors (Lipinski definition) is 2. The molecule has 0 saturated carbocycles. The van der Waals surface area contributed by atoms with Crippen molar-refractivity contribution < 1.29 is 4.79 Å². The summed E-state index contributed by atoms with van der Waals surface area (Å²) < 4.78 is 0. The van der Waals surface area contributed by atoms with Crippen LogP contribution in [0.15, 0.2) is 0 Å². The molecule has 0 radical (unpaired) electrons. The van der Waals surface area contributed by atoms with Crippen LogP contribution in [0.2, 0.25) is 0 Å². The van der Waals surface area contributed by atoms with Gasteiger partial charge in [-0.15, -0.1) is 0 Å². The molecule has 0 aromatic carbocycles. The number of rotatable bonds is 5. The van der Waals surface area contributed by atoms with Gasteiger partial charge in [0, 0.05) is 6.54 Å². The Hall–Kier alpha value is -0.570. The second kappa shape index (κ2) is 5.85. The Morgan fingerprint density at radius 2 is 1.94 bits per heavy atom. The minimum Gasteiger partial charge on any atom is -0.326 e. The molecule has 3 nitrogen and oxygen atoms in total. The number of carbonyl (C=O) groups excluding carboxylic acids is 1. The Balaban J connectivity index is 2.61. The Labute approximate surface area is 106 Å². The molecule has 2 atom stereocenters. The van der Waals surface area contributed by atoms with Crippen LogP contribution in [0.3, 0.4) is 0 Å². The zero-order valence-electron chi connectivity index (χ0n) is 12.0. The van der Waals surface area contributed by atoms with Crippen LogP contribution in [0.5, 0.6) is 0 Å². The molecule has 1 aliphatic rings. The molecule has 1 N–H and O–H groups in total. The number of carbonyl (C=O) groups is 1. The van der Waals surface area contributed by atoms with E-state index in [-0.39, 0.29) is 12.2 Å². The minimum absolute atomic E-state index is 0.0477. The van der Waals surface area contributed by atoms with Gasteiger partial charge in [0.1, 0.15) is 0 Å². The van der Waals surface area contributed by atoms with E-state index in [1.165, 1.54) is 0 Å². The molecule has 0 aromatic heterocycles. The molecule has 0 aromatic rings. The number of hydrogen-bond donors (Lipinski definition) is 1. The monoisotopic (exact) mass is 240 g/mol. The first-order valence-corrected chi connectivity index (χ1v) is 6.95. The summed E-state index contributed by atoms with van der Waals surface area (Å²) in [7, 11) is 0. The van der Waals surface area contributed by atoms with Crippen molar-refractivity contribution in [2.75, 3.05) is 6.54 Å². The van der Waals surface area contributed by atoms with Crippen LogP contribution in [0.1, 0.15) is 60.3 Å². The molecule has 0 bridgehead atoms. The van der Waals surface area contributed by atoms with Gasteiger partial charge in [0.05, 0.1) is 12.2 Å². The Kier molecular flexibility index (Phi) is 4.99. The summed E-state index contributed by atoms with van der Waals surface area (Å²) in [6.07, 6.45) is 4.40. The highest BCUT2D eigenvalue weighted by Gasteiger charge is 2.37. The smallest absolute Gasteiger partial charge is 0.241 e. The lowest BCUT2D eigenvalue weighted by molar-refractivity contribution is -0.130. The van der Waals surface area contributed by atoms with E-state index in [0.29, 0.717) is 11.3 Å². The normalized spacial score (nSPS) is 25.7. The highest BCUT2D eigenvalue weighted by molar-refractivity contribution is 5.84. The van der Waals surface area contributed by atoms with E-state index in [2.05, 4.69) is 44.8 Å². The second-order valence-corrected chi connectivity index (χ2v) is 6.27. The van der Waals surface area contributed by atoms with Gasteiger partial charge in [-0.3, -0.25) is 10.1 Å². The van der Waals surface area contributed by atoms with Gasteiger partial charge < -0.3 is 4.90 Å². The van der Waals surface area contributed by atoms with E-state index in [0.717, 1.165) is 32.2 Å². The third-order valence-electron chi connectivity index (χ3n) is 3.42. The van der Waals surface area contributed by atoms with Gasteiger partial charge >= 0.3 is 0 Å². The molecule has 100 valence electrons. The fraction of sp³-hybridized carbons (Fsp3) is 0.929. The molecule has 2 unspecified atom stereocenters. The molecule has 17 heavy (non-hydrogen) atoms. The van der Waals surface area contributed by atoms with E-state index in [1.807, 2.05) is 0 Å². The number of nitrogens with one attached hydrogen (secondary N) is 1. The van der Waals surface area contributed by atoms with Crippen molar-refractivity contribution in [1.29, 1.82) is 0 Å². The zero-order valence-corrected chi connectivity index (χ0v) is 12.0. The molecule has 3 heteroatoms. The summed E-state index contributed by atoms with van der Waals surface area (Å²) >= 11 is 0. The third-order valence-corrected chi connectivity index (χ3v) is 3.42. The highest BCUT2D eigenvalue weighted by Crippen LogP contribution is 2.23. The third kappa shape index (κ3) is 3.98. The van der Waals surface area contributed by atoms with Gasteiger partial charge in [0.25, 0.3) is 0 Å². The molecule has 1 aliphatic heterocycles. The molecule has 1 saturated heterocycles. The topological polar surface area (TPSA) is 32.3 Å². The lowest BCUT2D eigenvalue weighted by atomic mass is 9.92. The predicted molar refractivity (Wildman–Crippen MR) is 71.7 cm³/mol. The first-order valence-electron chi connectivity index (χ1n) is 6.95. The Morgan fingerprint density at radius 1 is 1.29 bits per heavy atom. The van der Waals surface area contributed by atoms with Crippen molar-refractivity contribution in [2.24, 2.45) is 5.41 Å². The summed E-state index contributed by atoms with van der Waals surface area (Å²) in [5, 5.41) is 3.45. The van der Waals surface area contributed by atoms with Crippen LogP contribution >= 0.6 is 0 Å². The van der Waals surface area contributed by atoms with Gasteiger partial charge in [0.15, 0.2) is 0 Å². The van der Waals surface area contributed by atoms with Gasteiger partial charge in [-0.05, 0) is 24.7 Å². The van der Waals surface area contributed by atoms with Gasteiger partial charge in [-0.2, -0.15) is 0 Å². The molecule has 1 heterocycles. The molecule has 0 spiro atoms. The van der Waals surface area contributed by atoms with Crippen molar-refractivity contribution in [2.45, 2.75) is 72.5 Å². The van der Waals surface area contributed by atoms with Gasteiger partial charge in [-0.1, -0.05) is 41.0 Å². The molecular weight excluding hydrogens is 212 g/mol. The Morgan fingerprint density at radius 3 is 2.41 bits per heavy atom. The summed E-state index contributed by atoms with van der Waals surface area (Å²) in [6.45, 7) is 11.8. The van der Waals surface area contributed by atoms with E-state index in [4.69, 9.17) is 0 Å². The average Bonchev–Trinajstić information content (AvgIpc) is 2.52. The maximum atomic E-state index is 12.2. The first-order chi connectivity index (χ1) is 7.89. The second-order valence-electron chi connectivity index (χ2n) is 6.27. The maximum absolute atomic E-state index is 12.2. The SMILES string of the molecule is CCCC1NC(CC)C(=O)N1CCC(C)(C)C. The Bertz CT molecular complexity index is 257. The van der Waals surface area contributed by atoms with E-state index < -0.39 is 0 Å². The quantitative estimate of drug-likeness (QED) is 0.801. The standard InChI is InChI=1S/C14H28N2O/c1-6-8-12-15-11(7-2)13(17)16(12)10-9-14(3,4)5/h11-12,15H,6-10H2,1-5H3. The van der Waals surface area contributed by atoms with E-state index in [1.54, 1.807) is 0 Å². The van der Waals surface area contributed by atoms with Crippen molar-refractivity contribution in [3.05, 3.63) is 0 Å². The average molecular weight is 240 g/mol. The van der Waals surface area contributed by atoms with E-state index in [9.17, 15) is 4.79 Å². The fourth-order valence-corrected chi connectivity index (χ4v) is 2.27. The fourth-order valence-electron chi connectivity index (χ4n) is 2.27. The van der Waals surface area contributed by atoms with Gasteiger partial charge in [-0.25, -0.2) is 0 Å². The lowest BCUT2D eigenvalue weighted by Gasteiger charge is -2.27. The summed E-state index contributed by atoms with van der Waals surface area (Å²) in [6, 6.07) is 0.0477. The van der Waals surface area contributed by atoms with Gasteiger partial charge in [0.2, 0.25) is 5.91 Å². The summed E-state index contributed by atoms with van der Waals surface area (Å²) in [4.78, 5) is 14.3. The van der Waals surface area contributed by atoms with Crippen LogP contribution in [-0.2, 0) is 4.79 Å². The van der Waals surface area contributed by atoms with Crippen molar-refractivity contribution >= 4 is 5.91 Å². The molecule has 0 aliphatic carbocycles. The summed E-state index contributed by atoms with van der Waals surface area (Å²) in [5.74, 6) is 0.301. The van der Waals surface area contributed by atoms with Crippen LogP contribution in [0, 0.1) is 5.41 Å². The van der Waals surface area contributed by atoms with Crippen LogP contribution < -0.4 is 5.32 Å². The lowest BCUT2D eigenvalue weighted by Crippen LogP contribution is -2.39.